The Morgan fingerprint density at radius 1 is 1.40 bits per heavy atom. The summed E-state index contributed by atoms with van der Waals surface area (Å²) < 4.78 is 38.1. The second kappa shape index (κ2) is 6.13. The number of nitrogens with two attached hydrogens (primary N) is 1. The predicted octanol–water partition coefficient (Wildman–Crippen LogP) is 1.97. The lowest BCUT2D eigenvalue weighted by Crippen LogP contribution is -2.39. The summed E-state index contributed by atoms with van der Waals surface area (Å²) in [5, 5.41) is 2.62. The quantitative estimate of drug-likeness (QED) is 0.833. The number of anilines is 1. The molecule has 20 heavy (non-hydrogen) atoms. The van der Waals surface area contributed by atoms with Crippen molar-refractivity contribution in [2.45, 2.75) is 19.1 Å². The zero-order valence-electron chi connectivity index (χ0n) is 11.6. The fourth-order valence-corrected chi connectivity index (χ4v) is 1.91. The first-order chi connectivity index (χ1) is 9.12. The number of hydrogen-bond donors (Lipinski definition) is 2. The van der Waals surface area contributed by atoms with Gasteiger partial charge in [0.05, 0.1) is 16.8 Å². The first kappa shape index (κ1) is 16.3. The molecule has 0 radical (unpaired) electrons. The Bertz CT molecular complexity index is 486. The van der Waals surface area contributed by atoms with Crippen molar-refractivity contribution < 1.29 is 18.0 Å². The van der Waals surface area contributed by atoms with Gasteiger partial charge in [-0.15, -0.1) is 0 Å². The number of likely N-dealkylation sites (N-methyl/N-ethyl adjacent to an activating group) is 1. The average Bonchev–Trinajstić information content (AvgIpc) is 2.25. The van der Waals surface area contributed by atoms with Crippen molar-refractivity contribution in [2.24, 2.45) is 0 Å². The van der Waals surface area contributed by atoms with Crippen LogP contribution in [0.15, 0.2) is 18.2 Å². The molecule has 1 amide bonds. The molecule has 0 bridgehead atoms. The van der Waals surface area contributed by atoms with Crippen molar-refractivity contribution in [3.05, 3.63) is 29.3 Å². The molecule has 1 unspecified atom stereocenters. The highest BCUT2D eigenvalue weighted by atomic mass is 19.4. The Hall–Kier alpha value is -1.76. The lowest BCUT2D eigenvalue weighted by atomic mass is 10.1. The van der Waals surface area contributed by atoms with Crippen molar-refractivity contribution in [3.8, 4) is 0 Å². The monoisotopic (exact) mass is 289 g/mol. The fraction of sp³-hybridized carbons (Fsp3) is 0.462. The lowest BCUT2D eigenvalue weighted by molar-refractivity contribution is -0.136. The molecule has 3 N–H and O–H groups in total. The van der Waals surface area contributed by atoms with Crippen LogP contribution in [0.25, 0.3) is 0 Å². The van der Waals surface area contributed by atoms with Crippen molar-refractivity contribution in [1.82, 2.24) is 10.2 Å². The van der Waals surface area contributed by atoms with E-state index in [0.29, 0.717) is 6.54 Å². The number of nitrogens with one attached hydrogen (secondary N) is 1. The standard InChI is InChI=1S/C13H18F3N3O/c1-8(7-19(2)3)18-12(20)9-5-4-6-10(11(9)17)13(14,15)16/h4-6,8H,7,17H2,1-3H3,(H,18,20). The number of hydrogen-bond acceptors (Lipinski definition) is 3. The summed E-state index contributed by atoms with van der Waals surface area (Å²) in [7, 11) is 3.67. The molecule has 0 fully saturated rings. The van der Waals surface area contributed by atoms with Gasteiger partial charge in [0.1, 0.15) is 0 Å². The Kier molecular flexibility index (Phi) is 4.99. The molecule has 0 spiro atoms. The normalized spacial score (nSPS) is 13.3. The second-order valence-corrected chi connectivity index (χ2v) is 4.90. The molecule has 112 valence electrons. The number of carbonyl (C=O) groups excluding carboxylic acids is 1. The third-order valence-electron chi connectivity index (χ3n) is 2.67. The van der Waals surface area contributed by atoms with Gasteiger partial charge in [-0.05, 0) is 33.2 Å². The fourth-order valence-electron chi connectivity index (χ4n) is 1.91. The summed E-state index contributed by atoms with van der Waals surface area (Å²) in [5.41, 5.74) is 3.75. The number of amides is 1. The van der Waals surface area contributed by atoms with Crippen LogP contribution in [0.3, 0.4) is 0 Å². The molecule has 0 aromatic heterocycles. The zero-order valence-corrected chi connectivity index (χ0v) is 11.6. The molecule has 0 aliphatic rings. The SMILES string of the molecule is CC(CN(C)C)NC(=O)c1cccc(C(F)(F)F)c1N. The van der Waals surface area contributed by atoms with Crippen LogP contribution in [-0.2, 0) is 6.18 Å². The molecule has 4 nitrogen and oxygen atoms in total. The summed E-state index contributed by atoms with van der Waals surface area (Å²) in [4.78, 5) is 13.8. The molecule has 0 saturated heterocycles. The second-order valence-electron chi connectivity index (χ2n) is 4.90. The number of carbonyl (C=O) groups is 1. The van der Waals surface area contributed by atoms with E-state index in [2.05, 4.69) is 5.32 Å². The average molecular weight is 289 g/mol. The Morgan fingerprint density at radius 3 is 2.50 bits per heavy atom. The summed E-state index contributed by atoms with van der Waals surface area (Å²) in [5.74, 6) is -0.608. The maximum absolute atomic E-state index is 12.7. The highest BCUT2D eigenvalue weighted by Gasteiger charge is 2.34. The van der Waals surface area contributed by atoms with E-state index in [-0.39, 0.29) is 11.6 Å². The van der Waals surface area contributed by atoms with Gasteiger partial charge in [0, 0.05) is 12.6 Å². The minimum absolute atomic E-state index is 0.162. The Balaban J connectivity index is 2.95. The number of nitrogens with zero attached hydrogens (tertiary/aromatic N) is 1. The van der Waals surface area contributed by atoms with Gasteiger partial charge in [0.25, 0.3) is 5.91 Å². The van der Waals surface area contributed by atoms with Crippen LogP contribution in [0.1, 0.15) is 22.8 Å². The van der Waals surface area contributed by atoms with Gasteiger partial charge in [-0.3, -0.25) is 4.79 Å². The van der Waals surface area contributed by atoms with Gasteiger partial charge in [-0.1, -0.05) is 6.07 Å². The van der Waals surface area contributed by atoms with Crippen LogP contribution in [0.2, 0.25) is 0 Å². The largest absolute Gasteiger partial charge is 0.418 e. The maximum Gasteiger partial charge on any atom is 0.418 e. The third-order valence-corrected chi connectivity index (χ3v) is 2.67. The molecular formula is C13H18F3N3O. The van der Waals surface area contributed by atoms with Gasteiger partial charge in [0.2, 0.25) is 0 Å². The summed E-state index contributed by atoms with van der Waals surface area (Å²) in [6.07, 6.45) is -4.57. The number of halogens is 3. The molecular weight excluding hydrogens is 271 g/mol. The number of nitrogen functional groups attached to an aromatic ring is 1. The molecule has 0 heterocycles. The molecule has 0 aliphatic heterocycles. The van der Waals surface area contributed by atoms with Gasteiger partial charge < -0.3 is 16.0 Å². The van der Waals surface area contributed by atoms with Crippen LogP contribution >= 0.6 is 0 Å². The van der Waals surface area contributed by atoms with E-state index < -0.39 is 23.3 Å². The first-order valence-electron chi connectivity index (χ1n) is 6.04. The summed E-state index contributed by atoms with van der Waals surface area (Å²) >= 11 is 0. The van der Waals surface area contributed by atoms with Gasteiger partial charge in [-0.25, -0.2) is 0 Å². The zero-order chi connectivity index (χ0) is 15.5. The molecule has 1 aromatic rings. The van der Waals surface area contributed by atoms with Crippen molar-refractivity contribution in [3.63, 3.8) is 0 Å². The van der Waals surface area contributed by atoms with E-state index in [1.807, 2.05) is 19.0 Å². The third kappa shape index (κ3) is 4.12. The lowest BCUT2D eigenvalue weighted by Gasteiger charge is -2.19. The van der Waals surface area contributed by atoms with Gasteiger partial charge in [-0.2, -0.15) is 13.2 Å². The van der Waals surface area contributed by atoms with Crippen molar-refractivity contribution in [2.75, 3.05) is 26.4 Å². The van der Waals surface area contributed by atoms with E-state index in [9.17, 15) is 18.0 Å². The predicted molar refractivity (Wildman–Crippen MR) is 71.3 cm³/mol. The first-order valence-corrected chi connectivity index (χ1v) is 6.04. The molecule has 0 saturated carbocycles. The van der Waals surface area contributed by atoms with E-state index in [0.717, 1.165) is 6.07 Å². The number of para-hydroxylation sites is 1. The van der Waals surface area contributed by atoms with E-state index in [1.165, 1.54) is 12.1 Å². The van der Waals surface area contributed by atoms with Crippen LogP contribution in [-0.4, -0.2) is 37.5 Å². The maximum atomic E-state index is 12.7. The van der Waals surface area contributed by atoms with Gasteiger partial charge in [0.15, 0.2) is 0 Å². The number of benzene rings is 1. The van der Waals surface area contributed by atoms with Crippen molar-refractivity contribution in [1.29, 1.82) is 0 Å². The van der Waals surface area contributed by atoms with E-state index in [4.69, 9.17) is 5.73 Å². The van der Waals surface area contributed by atoms with Gasteiger partial charge >= 0.3 is 6.18 Å². The van der Waals surface area contributed by atoms with Crippen LogP contribution < -0.4 is 11.1 Å². The summed E-state index contributed by atoms with van der Waals surface area (Å²) in [6.45, 7) is 2.34. The van der Waals surface area contributed by atoms with E-state index in [1.54, 1.807) is 6.92 Å². The molecule has 1 atom stereocenters. The van der Waals surface area contributed by atoms with Crippen LogP contribution in [0.5, 0.6) is 0 Å². The highest BCUT2D eigenvalue weighted by molar-refractivity contribution is 6.00. The smallest absolute Gasteiger partial charge is 0.398 e. The topological polar surface area (TPSA) is 58.4 Å². The van der Waals surface area contributed by atoms with Crippen molar-refractivity contribution >= 4 is 11.6 Å². The molecule has 1 rings (SSSR count). The summed E-state index contributed by atoms with van der Waals surface area (Å²) in [6, 6.07) is 3.11. The van der Waals surface area contributed by atoms with E-state index >= 15 is 0 Å². The number of alkyl halides is 3. The number of rotatable bonds is 4. The Morgan fingerprint density at radius 2 is 2.00 bits per heavy atom. The molecule has 0 aliphatic carbocycles. The molecule has 1 aromatic carbocycles. The van der Waals surface area contributed by atoms with Crippen LogP contribution in [0.4, 0.5) is 18.9 Å². The van der Waals surface area contributed by atoms with Crippen LogP contribution in [0, 0.1) is 0 Å². The minimum Gasteiger partial charge on any atom is -0.398 e. The Labute approximate surface area is 115 Å². The minimum atomic E-state index is -4.57. The highest BCUT2D eigenvalue weighted by Crippen LogP contribution is 2.34. The molecule has 7 heteroatoms.